The van der Waals surface area contributed by atoms with E-state index in [0.29, 0.717) is 5.82 Å². The summed E-state index contributed by atoms with van der Waals surface area (Å²) >= 11 is 0. The minimum absolute atomic E-state index is 0.703. The van der Waals surface area contributed by atoms with E-state index in [1.165, 1.54) is 0 Å². The maximum Gasteiger partial charge on any atom is 0.162 e. The molecule has 0 unspecified atom stereocenters. The first-order chi connectivity index (χ1) is 10.4. The number of nitrogens with zero attached hydrogens (tertiary/aromatic N) is 3. The highest BCUT2D eigenvalue weighted by Crippen LogP contribution is 2.23. The lowest BCUT2D eigenvalue weighted by atomic mass is 10.1. The molecule has 0 aliphatic rings. The summed E-state index contributed by atoms with van der Waals surface area (Å²) in [7, 11) is 0. The highest BCUT2D eigenvalue weighted by Gasteiger charge is 2.08. The third-order valence-corrected chi connectivity index (χ3v) is 3.09. The Labute approximate surface area is 123 Å². The van der Waals surface area contributed by atoms with Crippen LogP contribution >= 0.6 is 0 Å². The fraction of sp³-hybridized carbons (Fsp3) is 0.118. The van der Waals surface area contributed by atoms with E-state index in [1.54, 1.807) is 12.4 Å². The van der Waals surface area contributed by atoms with Gasteiger partial charge in [-0.15, -0.1) is 0 Å². The van der Waals surface area contributed by atoms with Crippen LogP contribution in [0.3, 0.4) is 0 Å². The SMILES string of the molecule is CCNc1cc(-c2ccccc2)nc(-c2ccncc2)n1. The lowest BCUT2D eigenvalue weighted by Gasteiger charge is -2.09. The van der Waals surface area contributed by atoms with Gasteiger partial charge in [-0.25, -0.2) is 9.97 Å². The molecule has 104 valence electrons. The Hall–Kier alpha value is -2.75. The quantitative estimate of drug-likeness (QED) is 0.790. The van der Waals surface area contributed by atoms with Crippen LogP contribution < -0.4 is 5.32 Å². The summed E-state index contributed by atoms with van der Waals surface area (Å²) in [5, 5.41) is 3.26. The third-order valence-electron chi connectivity index (χ3n) is 3.09. The molecule has 21 heavy (non-hydrogen) atoms. The van der Waals surface area contributed by atoms with Crippen molar-refractivity contribution in [3.63, 3.8) is 0 Å². The van der Waals surface area contributed by atoms with Gasteiger partial charge < -0.3 is 5.32 Å². The molecule has 3 rings (SSSR count). The second-order valence-electron chi connectivity index (χ2n) is 4.59. The standard InChI is InChI=1S/C17H16N4/c1-2-19-16-12-15(13-6-4-3-5-7-13)20-17(21-16)14-8-10-18-11-9-14/h3-12H,2H2,1H3,(H,19,20,21). The van der Waals surface area contributed by atoms with Crippen LogP contribution in [0.1, 0.15) is 6.92 Å². The number of aromatic nitrogens is 3. The minimum atomic E-state index is 0.703. The monoisotopic (exact) mass is 276 g/mol. The predicted octanol–water partition coefficient (Wildman–Crippen LogP) is 3.64. The highest BCUT2D eigenvalue weighted by atomic mass is 15.0. The summed E-state index contributed by atoms with van der Waals surface area (Å²) in [6, 6.07) is 15.9. The van der Waals surface area contributed by atoms with Crippen molar-refractivity contribution < 1.29 is 0 Å². The molecule has 0 bridgehead atoms. The molecule has 0 atom stereocenters. The molecule has 0 radical (unpaired) electrons. The number of benzene rings is 1. The zero-order valence-corrected chi connectivity index (χ0v) is 11.8. The fourth-order valence-corrected chi connectivity index (χ4v) is 2.11. The van der Waals surface area contributed by atoms with E-state index in [-0.39, 0.29) is 0 Å². The van der Waals surface area contributed by atoms with E-state index in [9.17, 15) is 0 Å². The van der Waals surface area contributed by atoms with Crippen molar-refractivity contribution in [1.82, 2.24) is 15.0 Å². The molecule has 0 fully saturated rings. The number of pyridine rings is 1. The molecule has 0 amide bonds. The van der Waals surface area contributed by atoms with E-state index < -0.39 is 0 Å². The van der Waals surface area contributed by atoms with Gasteiger partial charge in [0.05, 0.1) is 5.69 Å². The number of hydrogen-bond donors (Lipinski definition) is 1. The minimum Gasteiger partial charge on any atom is -0.370 e. The largest absolute Gasteiger partial charge is 0.370 e. The van der Waals surface area contributed by atoms with E-state index >= 15 is 0 Å². The van der Waals surface area contributed by atoms with Crippen LogP contribution in [0.25, 0.3) is 22.6 Å². The Balaban J connectivity index is 2.11. The van der Waals surface area contributed by atoms with Gasteiger partial charge in [-0.05, 0) is 19.1 Å². The molecule has 0 aliphatic heterocycles. The summed E-state index contributed by atoms with van der Waals surface area (Å²) in [5.74, 6) is 1.54. The molecule has 0 saturated heterocycles. The third kappa shape index (κ3) is 3.05. The van der Waals surface area contributed by atoms with Crippen molar-refractivity contribution in [3.05, 3.63) is 60.9 Å². The second kappa shape index (κ2) is 6.13. The summed E-state index contributed by atoms with van der Waals surface area (Å²) in [5.41, 5.74) is 2.95. The lowest BCUT2D eigenvalue weighted by molar-refractivity contribution is 1.12. The Bertz CT molecular complexity index is 654. The first-order valence-corrected chi connectivity index (χ1v) is 6.95. The van der Waals surface area contributed by atoms with E-state index in [1.807, 2.05) is 48.5 Å². The van der Waals surface area contributed by atoms with Crippen molar-refractivity contribution in [2.45, 2.75) is 6.92 Å². The molecular weight excluding hydrogens is 260 g/mol. The van der Waals surface area contributed by atoms with Gasteiger partial charge in [0.15, 0.2) is 5.82 Å². The Morgan fingerprint density at radius 1 is 0.905 bits per heavy atom. The topological polar surface area (TPSA) is 50.7 Å². The molecule has 1 N–H and O–H groups in total. The number of anilines is 1. The van der Waals surface area contributed by atoms with Crippen LogP contribution in [0.2, 0.25) is 0 Å². The van der Waals surface area contributed by atoms with Crippen LogP contribution in [0, 0.1) is 0 Å². The normalized spacial score (nSPS) is 10.3. The zero-order chi connectivity index (χ0) is 14.5. The molecule has 0 aliphatic carbocycles. The van der Waals surface area contributed by atoms with Crippen LogP contribution in [0.4, 0.5) is 5.82 Å². The summed E-state index contributed by atoms with van der Waals surface area (Å²) in [6.45, 7) is 2.87. The molecule has 4 nitrogen and oxygen atoms in total. The van der Waals surface area contributed by atoms with Gasteiger partial charge in [-0.2, -0.15) is 0 Å². The molecule has 4 heteroatoms. The Morgan fingerprint density at radius 3 is 2.38 bits per heavy atom. The zero-order valence-electron chi connectivity index (χ0n) is 11.8. The van der Waals surface area contributed by atoms with E-state index in [2.05, 4.69) is 27.2 Å². The highest BCUT2D eigenvalue weighted by molar-refractivity contribution is 5.67. The van der Waals surface area contributed by atoms with Gasteiger partial charge in [0.1, 0.15) is 5.82 Å². The lowest BCUT2D eigenvalue weighted by Crippen LogP contribution is -2.02. The van der Waals surface area contributed by atoms with Gasteiger partial charge >= 0.3 is 0 Å². The Morgan fingerprint density at radius 2 is 1.67 bits per heavy atom. The average Bonchev–Trinajstić information content (AvgIpc) is 2.56. The van der Waals surface area contributed by atoms with E-state index in [4.69, 9.17) is 0 Å². The smallest absolute Gasteiger partial charge is 0.162 e. The molecule has 0 saturated carbocycles. The van der Waals surface area contributed by atoms with E-state index in [0.717, 1.165) is 29.2 Å². The molecular formula is C17H16N4. The summed E-state index contributed by atoms with van der Waals surface area (Å²) < 4.78 is 0. The second-order valence-corrected chi connectivity index (χ2v) is 4.59. The first-order valence-electron chi connectivity index (χ1n) is 6.95. The molecule has 2 heterocycles. The van der Waals surface area contributed by atoms with Gasteiger partial charge in [0, 0.05) is 36.1 Å². The number of rotatable bonds is 4. The number of hydrogen-bond acceptors (Lipinski definition) is 4. The molecule has 1 aromatic carbocycles. The van der Waals surface area contributed by atoms with Gasteiger partial charge in [-0.1, -0.05) is 30.3 Å². The van der Waals surface area contributed by atoms with Crippen LogP contribution in [0.5, 0.6) is 0 Å². The molecule has 2 aromatic heterocycles. The van der Waals surface area contributed by atoms with Crippen LogP contribution in [0.15, 0.2) is 60.9 Å². The van der Waals surface area contributed by atoms with Crippen molar-refractivity contribution in [1.29, 1.82) is 0 Å². The molecule has 3 aromatic rings. The average molecular weight is 276 g/mol. The van der Waals surface area contributed by atoms with Crippen molar-refractivity contribution in [2.24, 2.45) is 0 Å². The Kier molecular flexibility index (Phi) is 3.87. The summed E-state index contributed by atoms with van der Waals surface area (Å²) in [6.07, 6.45) is 3.50. The van der Waals surface area contributed by atoms with Crippen molar-refractivity contribution >= 4 is 5.82 Å². The van der Waals surface area contributed by atoms with Gasteiger partial charge in [0.2, 0.25) is 0 Å². The van der Waals surface area contributed by atoms with Crippen molar-refractivity contribution in [2.75, 3.05) is 11.9 Å². The fourth-order valence-electron chi connectivity index (χ4n) is 2.11. The number of nitrogens with one attached hydrogen (secondary N) is 1. The maximum atomic E-state index is 4.68. The van der Waals surface area contributed by atoms with Gasteiger partial charge in [0.25, 0.3) is 0 Å². The van der Waals surface area contributed by atoms with Gasteiger partial charge in [-0.3, -0.25) is 4.98 Å². The maximum absolute atomic E-state index is 4.68. The van der Waals surface area contributed by atoms with Crippen molar-refractivity contribution in [3.8, 4) is 22.6 Å². The first kappa shape index (κ1) is 13.2. The van der Waals surface area contributed by atoms with Crippen LogP contribution in [-0.2, 0) is 0 Å². The summed E-state index contributed by atoms with van der Waals surface area (Å²) in [4.78, 5) is 13.3. The molecule has 0 spiro atoms. The van der Waals surface area contributed by atoms with Crippen LogP contribution in [-0.4, -0.2) is 21.5 Å². The predicted molar refractivity (Wildman–Crippen MR) is 84.9 cm³/mol.